The highest BCUT2D eigenvalue weighted by molar-refractivity contribution is 7.99. The van der Waals surface area contributed by atoms with Crippen LogP contribution in [-0.4, -0.2) is 25.1 Å². The molecule has 0 aromatic carbocycles. The van der Waals surface area contributed by atoms with E-state index in [9.17, 15) is 0 Å². The Hall–Kier alpha value is 0.310. The molecule has 84 valence electrons. The predicted molar refractivity (Wildman–Crippen MR) is 67.0 cm³/mol. The van der Waals surface area contributed by atoms with Gasteiger partial charge in [0.05, 0.1) is 0 Å². The van der Waals surface area contributed by atoms with Crippen LogP contribution in [0.5, 0.6) is 0 Å². The Morgan fingerprint density at radius 1 is 1.36 bits per heavy atom. The monoisotopic (exact) mass is 215 g/mol. The van der Waals surface area contributed by atoms with Crippen molar-refractivity contribution in [3.8, 4) is 0 Å². The van der Waals surface area contributed by atoms with Crippen LogP contribution in [0.15, 0.2) is 0 Å². The summed E-state index contributed by atoms with van der Waals surface area (Å²) in [6.07, 6.45) is 7.36. The van der Waals surface area contributed by atoms with Crippen LogP contribution < -0.4 is 5.32 Å². The van der Waals surface area contributed by atoms with Gasteiger partial charge >= 0.3 is 0 Å². The lowest BCUT2D eigenvalue weighted by atomic mass is 9.89. The maximum Gasteiger partial charge on any atom is -0.00206 e. The van der Waals surface area contributed by atoms with E-state index in [0.717, 1.165) is 11.8 Å². The second-order valence-electron chi connectivity index (χ2n) is 4.35. The van der Waals surface area contributed by atoms with Gasteiger partial charge in [-0.3, -0.25) is 0 Å². The van der Waals surface area contributed by atoms with Gasteiger partial charge in [0.25, 0.3) is 0 Å². The summed E-state index contributed by atoms with van der Waals surface area (Å²) in [5, 5.41) is 3.36. The van der Waals surface area contributed by atoms with Gasteiger partial charge in [-0.25, -0.2) is 0 Å². The SMILES string of the molecule is CCSCCC(CNC)C1CCCC1. The second-order valence-corrected chi connectivity index (χ2v) is 5.74. The lowest BCUT2D eigenvalue weighted by molar-refractivity contribution is 0.323. The number of nitrogens with one attached hydrogen (secondary N) is 1. The van der Waals surface area contributed by atoms with Crippen molar-refractivity contribution in [2.24, 2.45) is 11.8 Å². The second kappa shape index (κ2) is 7.58. The molecule has 0 aromatic heterocycles. The first-order valence-corrected chi connectivity index (χ1v) is 7.26. The zero-order valence-corrected chi connectivity index (χ0v) is 10.5. The van der Waals surface area contributed by atoms with E-state index in [2.05, 4.69) is 31.1 Å². The van der Waals surface area contributed by atoms with E-state index in [4.69, 9.17) is 0 Å². The Bertz CT molecular complexity index is 132. The van der Waals surface area contributed by atoms with Gasteiger partial charge in [0.1, 0.15) is 0 Å². The van der Waals surface area contributed by atoms with Crippen LogP contribution in [0.2, 0.25) is 0 Å². The minimum absolute atomic E-state index is 0.946. The molecule has 2 heteroatoms. The van der Waals surface area contributed by atoms with Crippen LogP contribution in [0.4, 0.5) is 0 Å². The third-order valence-corrected chi connectivity index (χ3v) is 4.30. The van der Waals surface area contributed by atoms with E-state index in [1.807, 2.05) is 0 Å². The molecular formula is C12H25NS. The van der Waals surface area contributed by atoms with E-state index >= 15 is 0 Å². The summed E-state index contributed by atoms with van der Waals surface area (Å²) in [4.78, 5) is 0. The molecule has 0 spiro atoms. The highest BCUT2D eigenvalue weighted by atomic mass is 32.2. The molecule has 1 saturated carbocycles. The van der Waals surface area contributed by atoms with Gasteiger partial charge in [0, 0.05) is 0 Å². The van der Waals surface area contributed by atoms with Gasteiger partial charge in [-0.05, 0) is 43.4 Å². The highest BCUT2D eigenvalue weighted by Crippen LogP contribution is 2.33. The highest BCUT2D eigenvalue weighted by Gasteiger charge is 2.23. The maximum absolute atomic E-state index is 3.36. The molecule has 0 radical (unpaired) electrons. The smallest absolute Gasteiger partial charge is 0.00206 e. The predicted octanol–water partition coefficient (Wildman–Crippen LogP) is 3.16. The Kier molecular flexibility index (Phi) is 6.70. The molecular weight excluding hydrogens is 190 g/mol. The van der Waals surface area contributed by atoms with Gasteiger partial charge in [0.2, 0.25) is 0 Å². The maximum atomic E-state index is 3.36. The van der Waals surface area contributed by atoms with Crippen molar-refractivity contribution in [3.05, 3.63) is 0 Å². The van der Waals surface area contributed by atoms with E-state index < -0.39 is 0 Å². The summed E-state index contributed by atoms with van der Waals surface area (Å²) < 4.78 is 0. The van der Waals surface area contributed by atoms with Gasteiger partial charge in [-0.2, -0.15) is 11.8 Å². The number of hydrogen-bond donors (Lipinski definition) is 1. The van der Waals surface area contributed by atoms with Crippen molar-refractivity contribution in [2.45, 2.75) is 39.0 Å². The number of hydrogen-bond acceptors (Lipinski definition) is 2. The molecule has 0 amide bonds. The minimum atomic E-state index is 0.946. The third-order valence-electron chi connectivity index (χ3n) is 3.37. The Morgan fingerprint density at radius 2 is 2.07 bits per heavy atom. The molecule has 1 fully saturated rings. The normalized spacial score (nSPS) is 20.1. The van der Waals surface area contributed by atoms with E-state index in [0.29, 0.717) is 0 Å². The molecule has 0 aromatic rings. The fraction of sp³-hybridized carbons (Fsp3) is 1.00. The summed E-state index contributed by atoms with van der Waals surface area (Å²) in [5.41, 5.74) is 0. The first-order valence-electron chi connectivity index (χ1n) is 6.10. The number of rotatable bonds is 7. The molecule has 0 saturated heterocycles. The molecule has 14 heavy (non-hydrogen) atoms. The average molecular weight is 215 g/mol. The van der Waals surface area contributed by atoms with Crippen molar-refractivity contribution in [1.82, 2.24) is 5.32 Å². The van der Waals surface area contributed by atoms with Crippen molar-refractivity contribution in [3.63, 3.8) is 0 Å². The molecule has 1 N–H and O–H groups in total. The van der Waals surface area contributed by atoms with Crippen LogP contribution in [0.1, 0.15) is 39.0 Å². The van der Waals surface area contributed by atoms with Crippen LogP contribution in [-0.2, 0) is 0 Å². The fourth-order valence-corrected chi connectivity index (χ4v) is 3.33. The van der Waals surface area contributed by atoms with Gasteiger partial charge in [-0.1, -0.05) is 32.6 Å². The largest absolute Gasteiger partial charge is 0.319 e. The van der Waals surface area contributed by atoms with Crippen molar-refractivity contribution < 1.29 is 0 Å². The summed E-state index contributed by atoms with van der Waals surface area (Å²) >= 11 is 2.09. The van der Waals surface area contributed by atoms with Crippen LogP contribution >= 0.6 is 11.8 Å². The molecule has 1 unspecified atom stereocenters. The van der Waals surface area contributed by atoms with Gasteiger partial charge in [0.15, 0.2) is 0 Å². The lowest BCUT2D eigenvalue weighted by Crippen LogP contribution is -2.25. The zero-order valence-electron chi connectivity index (χ0n) is 9.72. The first kappa shape index (κ1) is 12.4. The minimum Gasteiger partial charge on any atom is -0.319 e. The van der Waals surface area contributed by atoms with Crippen LogP contribution in [0.3, 0.4) is 0 Å². The van der Waals surface area contributed by atoms with E-state index in [1.54, 1.807) is 0 Å². The molecule has 1 rings (SSSR count). The molecule has 0 bridgehead atoms. The van der Waals surface area contributed by atoms with Crippen molar-refractivity contribution in [2.75, 3.05) is 25.1 Å². The molecule has 1 aliphatic rings. The average Bonchev–Trinajstić information content (AvgIpc) is 2.70. The molecule has 1 nitrogen and oxygen atoms in total. The lowest BCUT2D eigenvalue weighted by Gasteiger charge is -2.22. The van der Waals surface area contributed by atoms with Crippen LogP contribution in [0.25, 0.3) is 0 Å². The Balaban J connectivity index is 2.22. The Morgan fingerprint density at radius 3 is 2.64 bits per heavy atom. The van der Waals surface area contributed by atoms with Gasteiger partial charge < -0.3 is 5.32 Å². The van der Waals surface area contributed by atoms with E-state index in [-0.39, 0.29) is 0 Å². The van der Waals surface area contributed by atoms with Crippen molar-refractivity contribution in [1.29, 1.82) is 0 Å². The standard InChI is InChI=1S/C12H25NS/c1-3-14-9-8-12(10-13-2)11-6-4-5-7-11/h11-13H,3-10H2,1-2H3. The first-order chi connectivity index (χ1) is 6.88. The van der Waals surface area contributed by atoms with Gasteiger partial charge in [-0.15, -0.1) is 0 Å². The van der Waals surface area contributed by atoms with Crippen LogP contribution in [0, 0.1) is 11.8 Å². The van der Waals surface area contributed by atoms with E-state index in [1.165, 1.54) is 50.2 Å². The summed E-state index contributed by atoms with van der Waals surface area (Å²) in [6.45, 7) is 3.49. The molecule has 0 heterocycles. The topological polar surface area (TPSA) is 12.0 Å². The summed E-state index contributed by atoms with van der Waals surface area (Å²) in [7, 11) is 2.09. The Labute approximate surface area is 93.4 Å². The third kappa shape index (κ3) is 4.22. The summed E-state index contributed by atoms with van der Waals surface area (Å²) in [5.74, 6) is 4.61. The van der Waals surface area contributed by atoms with Crippen molar-refractivity contribution >= 4 is 11.8 Å². The quantitative estimate of drug-likeness (QED) is 0.655. The summed E-state index contributed by atoms with van der Waals surface area (Å²) in [6, 6.07) is 0. The fourth-order valence-electron chi connectivity index (χ4n) is 2.57. The molecule has 1 atom stereocenters. The molecule has 1 aliphatic carbocycles. The number of thioether (sulfide) groups is 1. The molecule has 0 aliphatic heterocycles. The zero-order chi connectivity index (χ0) is 10.2.